The Kier molecular flexibility index (Phi) is 10.4. The van der Waals surface area contributed by atoms with Crippen LogP contribution in [0.25, 0.3) is 43.6 Å². The van der Waals surface area contributed by atoms with Crippen LogP contribution in [0.4, 0.5) is 27.5 Å². The van der Waals surface area contributed by atoms with Gasteiger partial charge in [-0.2, -0.15) is 0 Å². The highest BCUT2D eigenvalue weighted by Gasteiger charge is 2.31. The zero-order chi connectivity index (χ0) is 41.7. The predicted octanol–water partition coefficient (Wildman–Crippen LogP) is 9.61. The molecule has 3 amide bonds. The van der Waals surface area contributed by atoms with E-state index in [0.29, 0.717) is 58.8 Å². The molecule has 0 spiro atoms. The molecule has 8 aromatic rings. The number of aryl methyl sites for hydroxylation is 2. The smallest absolute Gasteiger partial charge is 0.323 e. The van der Waals surface area contributed by atoms with Gasteiger partial charge in [0.15, 0.2) is 6.29 Å². The third kappa shape index (κ3) is 6.95. The number of hydrogen-bond acceptors (Lipinski definition) is 6. The molecule has 15 heteroatoms. The van der Waals surface area contributed by atoms with Gasteiger partial charge in [0.25, 0.3) is 5.91 Å². The van der Waals surface area contributed by atoms with Gasteiger partial charge in [0.2, 0.25) is 0 Å². The number of carbonyl (C=O) groups is 3. The van der Waals surface area contributed by atoms with E-state index in [1.54, 1.807) is 53.4 Å². The van der Waals surface area contributed by atoms with Crippen molar-refractivity contribution in [2.75, 3.05) is 52.8 Å². The molecular weight excluding hydrogens is 791 g/mol. The fraction of sp³-hybridized carbons (Fsp3) is 0.205. The summed E-state index contributed by atoms with van der Waals surface area (Å²) in [6, 6.07) is 17.2. The standard InChI is InChI=1S/C30H24N6O4.C13H15ClN2O.CH3Cl/c1-15-13-31-28-26(38)12-25-21(27(15)28)6-7-36(25)29(39)24-11-17-9-19(3-5-23(17)35-24)34-30(40)33-18-2-4-22-16(8-18)10-20(14-37)32-22;1-7-5-15-13-10(17)3-9-12(11(7)13)8(4-14)6-16(9)2;1-2/h2-5,8-14,31-32,35,38H,6-7H2,1H3,(H2,33,34,40);3,5,8,15,17H,4,6H2,1-2H3;1H3. The molecule has 2 aliphatic heterocycles. The molecule has 6 heterocycles. The molecule has 0 bridgehead atoms. The number of fused-ring (bicyclic) bond motifs is 8. The van der Waals surface area contributed by atoms with E-state index in [4.69, 9.17) is 11.6 Å². The van der Waals surface area contributed by atoms with Crippen LogP contribution in [0, 0.1) is 13.8 Å². The largest absolute Gasteiger partial charge is 0.506 e. The number of phenols is 2. The van der Waals surface area contributed by atoms with E-state index in [1.807, 2.05) is 38.5 Å². The highest BCUT2D eigenvalue weighted by atomic mass is 35.5. The average Bonchev–Trinajstić information content (AvgIpc) is 4.09. The third-order valence-corrected chi connectivity index (χ3v) is 11.5. The normalized spacial score (nSPS) is 14.2. The van der Waals surface area contributed by atoms with Gasteiger partial charge >= 0.3 is 6.03 Å². The maximum atomic E-state index is 13.5. The van der Waals surface area contributed by atoms with Crippen LogP contribution < -0.4 is 20.4 Å². The first-order chi connectivity index (χ1) is 28.5. The first kappa shape index (κ1) is 39.3. The maximum Gasteiger partial charge on any atom is 0.323 e. The summed E-state index contributed by atoms with van der Waals surface area (Å²) in [5.41, 5.74) is 11.5. The molecule has 59 heavy (non-hydrogen) atoms. The van der Waals surface area contributed by atoms with Crippen LogP contribution in [-0.4, -0.2) is 80.8 Å². The third-order valence-electron chi connectivity index (χ3n) is 11.1. The number of urea groups is 1. The van der Waals surface area contributed by atoms with Crippen molar-refractivity contribution < 1.29 is 24.6 Å². The van der Waals surface area contributed by atoms with E-state index in [-0.39, 0.29) is 11.7 Å². The predicted molar refractivity (Wildman–Crippen MR) is 238 cm³/mol. The van der Waals surface area contributed by atoms with Crippen molar-refractivity contribution in [3.8, 4) is 11.5 Å². The molecule has 2 aliphatic rings. The monoisotopic (exact) mass is 832 g/mol. The number of alkyl halides is 2. The summed E-state index contributed by atoms with van der Waals surface area (Å²) in [6.45, 7) is 5.48. The molecule has 0 saturated heterocycles. The number of aromatic hydroxyl groups is 2. The molecule has 0 aliphatic carbocycles. The Hall–Kier alpha value is -6.57. The van der Waals surface area contributed by atoms with Crippen molar-refractivity contribution >= 4 is 108 Å². The molecule has 8 N–H and O–H groups in total. The van der Waals surface area contributed by atoms with E-state index < -0.39 is 6.03 Å². The van der Waals surface area contributed by atoms with Gasteiger partial charge in [-0.25, -0.2) is 4.79 Å². The number of aldehydes is 1. The van der Waals surface area contributed by atoms with Crippen molar-refractivity contribution in [2.45, 2.75) is 26.2 Å². The number of aromatic amines is 4. The summed E-state index contributed by atoms with van der Waals surface area (Å²) in [5.74, 6) is 1.20. The van der Waals surface area contributed by atoms with Crippen LogP contribution >= 0.6 is 23.2 Å². The van der Waals surface area contributed by atoms with Crippen molar-refractivity contribution in [1.29, 1.82) is 0 Å². The van der Waals surface area contributed by atoms with E-state index >= 15 is 0 Å². The number of nitrogens with zero attached hydrogens (tertiary/aromatic N) is 2. The van der Waals surface area contributed by atoms with E-state index in [9.17, 15) is 24.6 Å². The Morgan fingerprint density at radius 3 is 2.07 bits per heavy atom. The van der Waals surface area contributed by atoms with Crippen LogP contribution in [0.1, 0.15) is 49.1 Å². The van der Waals surface area contributed by atoms with Gasteiger partial charge < -0.3 is 50.6 Å². The zero-order valence-corrected chi connectivity index (χ0v) is 34.2. The Morgan fingerprint density at radius 1 is 0.831 bits per heavy atom. The molecule has 4 aromatic heterocycles. The maximum absolute atomic E-state index is 13.5. The number of nitrogens with one attached hydrogen (secondary N) is 6. The van der Waals surface area contributed by atoms with Crippen molar-refractivity contribution in [3.63, 3.8) is 0 Å². The Bertz CT molecular complexity index is 2940. The number of hydrogen-bond donors (Lipinski definition) is 8. The molecule has 1 unspecified atom stereocenters. The van der Waals surface area contributed by atoms with Crippen LogP contribution in [0.5, 0.6) is 11.5 Å². The molecule has 4 aromatic carbocycles. The minimum absolute atomic E-state index is 0.117. The Balaban J connectivity index is 0.000000212. The minimum Gasteiger partial charge on any atom is -0.506 e. The SMILES string of the molecule is CCl.Cc1c[nH]c2c(O)cc3c(c12)C(CCl)CN3C.Cc1c[nH]c2c(O)cc3c(c12)CCN3C(=O)c1cc2cc(NC(=O)Nc3ccc4[nH]c(C=O)cc4c3)ccc2[nH]1. The molecule has 10 rings (SSSR count). The zero-order valence-electron chi connectivity index (χ0n) is 32.7. The van der Waals surface area contributed by atoms with Crippen LogP contribution in [0.15, 0.2) is 73.1 Å². The van der Waals surface area contributed by atoms with E-state index in [1.165, 1.54) is 11.9 Å². The lowest BCUT2D eigenvalue weighted by Crippen LogP contribution is -2.29. The quantitative estimate of drug-likeness (QED) is 0.0630. The number of phenolic OH excluding ortho intramolecular Hbond substituents is 2. The van der Waals surface area contributed by atoms with E-state index in [0.717, 1.165) is 79.0 Å². The van der Waals surface area contributed by atoms with Gasteiger partial charge in [-0.05, 0) is 91.1 Å². The van der Waals surface area contributed by atoms with E-state index in [2.05, 4.69) is 54.0 Å². The van der Waals surface area contributed by atoms with Gasteiger partial charge in [-0.3, -0.25) is 9.59 Å². The first-order valence-corrected chi connectivity index (χ1v) is 20.2. The number of amides is 3. The topological polar surface area (TPSA) is 185 Å². The number of likely N-dealkylation sites (N-methyl/N-ethyl adjacent to an activating group) is 1. The average molecular weight is 834 g/mol. The fourth-order valence-corrected chi connectivity index (χ4v) is 8.75. The summed E-state index contributed by atoms with van der Waals surface area (Å²) in [5, 5.41) is 29.9. The summed E-state index contributed by atoms with van der Waals surface area (Å²) < 4.78 is 0. The molecule has 0 fully saturated rings. The molecule has 13 nitrogen and oxygen atoms in total. The number of carbonyl (C=O) groups excluding carboxylic acids is 3. The molecule has 0 radical (unpaired) electrons. The fourth-order valence-electron chi connectivity index (χ4n) is 8.49. The molecule has 0 saturated carbocycles. The van der Waals surface area contributed by atoms with Gasteiger partial charge in [0.1, 0.15) is 17.2 Å². The number of halogens is 2. The number of aromatic nitrogens is 4. The van der Waals surface area contributed by atoms with Gasteiger partial charge in [-0.1, -0.05) is 0 Å². The summed E-state index contributed by atoms with van der Waals surface area (Å²) in [4.78, 5) is 53.5. The van der Waals surface area contributed by atoms with Gasteiger partial charge in [0.05, 0.1) is 22.4 Å². The van der Waals surface area contributed by atoms with Crippen molar-refractivity contribution in [3.05, 3.63) is 107 Å². The highest BCUT2D eigenvalue weighted by molar-refractivity contribution is 6.19. The van der Waals surface area contributed by atoms with Crippen LogP contribution in [-0.2, 0) is 6.42 Å². The number of H-pyrrole nitrogens is 4. The Labute approximate surface area is 348 Å². The second-order valence-corrected chi connectivity index (χ2v) is 15.1. The summed E-state index contributed by atoms with van der Waals surface area (Å²) in [7, 11) is 2.04. The van der Waals surface area contributed by atoms with Crippen molar-refractivity contribution in [1.82, 2.24) is 19.9 Å². The van der Waals surface area contributed by atoms with Gasteiger partial charge in [-0.15, -0.1) is 23.2 Å². The lowest BCUT2D eigenvalue weighted by molar-refractivity contribution is 0.0985. The van der Waals surface area contributed by atoms with Crippen molar-refractivity contribution in [2.24, 2.45) is 0 Å². The minimum atomic E-state index is -0.420. The first-order valence-electron chi connectivity index (χ1n) is 18.9. The highest BCUT2D eigenvalue weighted by Crippen LogP contribution is 2.45. The summed E-state index contributed by atoms with van der Waals surface area (Å²) >= 11 is 10.7. The molecule has 302 valence electrons. The van der Waals surface area contributed by atoms with Gasteiger partial charge in [0, 0.05) is 112 Å². The number of benzene rings is 4. The second-order valence-electron chi connectivity index (χ2n) is 14.8. The summed E-state index contributed by atoms with van der Waals surface area (Å²) in [6.07, 6.45) is 6.72. The lowest BCUT2D eigenvalue weighted by atomic mass is 9.97. The number of anilines is 4. The number of rotatable bonds is 5. The van der Waals surface area contributed by atoms with Crippen LogP contribution in [0.3, 0.4) is 0 Å². The second kappa shape index (κ2) is 15.6. The molecular formula is C44H42Cl2N8O5. The van der Waals surface area contributed by atoms with Crippen LogP contribution in [0.2, 0.25) is 0 Å². The Morgan fingerprint density at radius 2 is 1.42 bits per heavy atom. The molecule has 1 atom stereocenters. The lowest BCUT2D eigenvalue weighted by Gasteiger charge is -2.17.